The highest BCUT2D eigenvalue weighted by atomic mass is 16.7. The van der Waals surface area contributed by atoms with Crippen LogP contribution < -0.4 is 0 Å². The van der Waals surface area contributed by atoms with E-state index in [4.69, 9.17) is 14.6 Å². The lowest BCUT2D eigenvalue weighted by Crippen LogP contribution is -2.45. The number of carbonyl (C=O) groups is 2. The quantitative estimate of drug-likeness (QED) is 0.263. The van der Waals surface area contributed by atoms with E-state index < -0.39 is 23.6 Å². The average Bonchev–Trinajstić information content (AvgIpc) is 2.57. The molecule has 0 saturated heterocycles. The minimum atomic E-state index is -1.10. The highest BCUT2D eigenvalue weighted by Gasteiger charge is 2.41. The number of carboxylic acids is 2. The van der Waals surface area contributed by atoms with Crippen molar-refractivity contribution in [3.63, 3.8) is 0 Å². The number of rotatable bonds is 18. The van der Waals surface area contributed by atoms with Gasteiger partial charge in [-0.1, -0.05) is 52.4 Å². The molecule has 0 bridgehead atoms. The molecule has 0 saturated carbocycles. The van der Waals surface area contributed by atoms with E-state index in [2.05, 4.69) is 13.8 Å². The standard InChI is InChI=1S/C20H38O6/c1-4-6-15-25-20(3,26-16-7-5-2)17(19(23)24)13-11-9-8-10-12-14-18(21)22/h17H,4-16H2,1-3H3,(H,21,22)(H,23,24). The first kappa shape index (κ1) is 24.9. The van der Waals surface area contributed by atoms with Crippen LogP contribution >= 0.6 is 0 Å². The van der Waals surface area contributed by atoms with Crippen LogP contribution in [0.15, 0.2) is 0 Å². The molecule has 0 fully saturated rings. The average molecular weight is 375 g/mol. The smallest absolute Gasteiger partial charge is 0.311 e. The number of aliphatic carboxylic acids is 2. The minimum absolute atomic E-state index is 0.201. The largest absolute Gasteiger partial charge is 0.481 e. The summed E-state index contributed by atoms with van der Waals surface area (Å²) in [7, 11) is 0. The van der Waals surface area contributed by atoms with Crippen LogP contribution in [0.4, 0.5) is 0 Å². The molecule has 0 aromatic rings. The molecule has 2 N–H and O–H groups in total. The molecule has 154 valence electrons. The third-order valence-corrected chi connectivity index (χ3v) is 4.59. The normalized spacial score (nSPS) is 12.9. The predicted octanol–water partition coefficient (Wildman–Crippen LogP) is 4.85. The maximum atomic E-state index is 11.8. The Morgan fingerprint density at radius 1 is 0.846 bits per heavy atom. The van der Waals surface area contributed by atoms with Crippen LogP contribution in [0.3, 0.4) is 0 Å². The van der Waals surface area contributed by atoms with Crippen molar-refractivity contribution in [1.82, 2.24) is 0 Å². The van der Waals surface area contributed by atoms with Crippen molar-refractivity contribution in [1.29, 1.82) is 0 Å². The Morgan fingerprint density at radius 3 is 1.81 bits per heavy atom. The van der Waals surface area contributed by atoms with E-state index in [9.17, 15) is 14.7 Å². The molecule has 0 heterocycles. The van der Waals surface area contributed by atoms with Gasteiger partial charge in [-0.2, -0.15) is 0 Å². The topological polar surface area (TPSA) is 93.1 Å². The maximum absolute atomic E-state index is 11.8. The zero-order valence-corrected chi connectivity index (χ0v) is 16.8. The third-order valence-electron chi connectivity index (χ3n) is 4.59. The van der Waals surface area contributed by atoms with E-state index in [0.29, 0.717) is 26.1 Å². The van der Waals surface area contributed by atoms with Gasteiger partial charge in [0.15, 0.2) is 5.79 Å². The molecule has 0 rings (SSSR count). The second-order valence-corrected chi connectivity index (χ2v) is 7.01. The van der Waals surface area contributed by atoms with Crippen molar-refractivity contribution in [2.75, 3.05) is 13.2 Å². The number of carboxylic acid groups (broad SMARTS) is 2. The van der Waals surface area contributed by atoms with Crippen molar-refractivity contribution >= 4 is 11.9 Å². The third kappa shape index (κ3) is 11.5. The summed E-state index contributed by atoms with van der Waals surface area (Å²) in [5.74, 6) is -3.44. The van der Waals surface area contributed by atoms with Gasteiger partial charge in [-0.05, 0) is 32.6 Å². The molecule has 26 heavy (non-hydrogen) atoms. The molecule has 0 aliphatic heterocycles. The lowest BCUT2D eigenvalue weighted by molar-refractivity contribution is -0.258. The van der Waals surface area contributed by atoms with Crippen LogP contribution in [0.5, 0.6) is 0 Å². The summed E-state index contributed by atoms with van der Waals surface area (Å²) in [4.78, 5) is 22.3. The fourth-order valence-electron chi connectivity index (χ4n) is 2.85. The first-order valence-electron chi connectivity index (χ1n) is 10.1. The Morgan fingerprint density at radius 2 is 1.35 bits per heavy atom. The Bertz CT molecular complexity index is 372. The van der Waals surface area contributed by atoms with Gasteiger partial charge < -0.3 is 19.7 Å². The summed E-state index contributed by atoms with van der Waals surface area (Å²) in [6, 6.07) is 0. The molecular weight excluding hydrogens is 336 g/mol. The molecule has 6 heteroatoms. The van der Waals surface area contributed by atoms with E-state index in [-0.39, 0.29) is 6.42 Å². The molecule has 0 aromatic carbocycles. The second kappa shape index (κ2) is 15.0. The molecule has 0 aliphatic carbocycles. The first-order chi connectivity index (χ1) is 12.4. The zero-order valence-electron chi connectivity index (χ0n) is 16.8. The van der Waals surface area contributed by atoms with Crippen molar-refractivity contribution in [3.05, 3.63) is 0 Å². The van der Waals surface area contributed by atoms with Gasteiger partial charge in [0, 0.05) is 6.42 Å². The van der Waals surface area contributed by atoms with Crippen molar-refractivity contribution in [2.45, 2.75) is 97.2 Å². The van der Waals surface area contributed by atoms with Crippen LogP contribution in [0.25, 0.3) is 0 Å². The molecule has 0 spiro atoms. The monoisotopic (exact) mass is 374 g/mol. The summed E-state index contributed by atoms with van der Waals surface area (Å²) in [6.07, 6.45) is 8.55. The fraction of sp³-hybridized carbons (Fsp3) is 0.900. The van der Waals surface area contributed by atoms with Gasteiger partial charge >= 0.3 is 11.9 Å². The molecule has 0 radical (unpaired) electrons. The zero-order chi connectivity index (χ0) is 19.8. The van der Waals surface area contributed by atoms with Crippen LogP contribution in [0, 0.1) is 5.92 Å². The van der Waals surface area contributed by atoms with Crippen molar-refractivity contribution in [2.24, 2.45) is 5.92 Å². The Labute approximate surface area is 158 Å². The van der Waals surface area contributed by atoms with E-state index in [1.165, 1.54) is 0 Å². The van der Waals surface area contributed by atoms with Crippen LogP contribution in [-0.2, 0) is 19.1 Å². The lowest BCUT2D eigenvalue weighted by Gasteiger charge is -2.35. The van der Waals surface area contributed by atoms with Gasteiger partial charge in [0.25, 0.3) is 0 Å². The summed E-state index contributed by atoms with van der Waals surface area (Å²) < 4.78 is 11.8. The van der Waals surface area contributed by atoms with Gasteiger partial charge in [0.1, 0.15) is 5.92 Å². The van der Waals surface area contributed by atoms with E-state index in [1.807, 2.05) is 0 Å². The second-order valence-electron chi connectivity index (χ2n) is 7.01. The fourth-order valence-corrected chi connectivity index (χ4v) is 2.85. The van der Waals surface area contributed by atoms with Crippen molar-refractivity contribution < 1.29 is 29.3 Å². The highest BCUT2D eigenvalue weighted by Crippen LogP contribution is 2.30. The van der Waals surface area contributed by atoms with Gasteiger partial charge in [-0.25, -0.2) is 0 Å². The Balaban J connectivity index is 4.52. The molecule has 0 aliphatic rings. The van der Waals surface area contributed by atoms with Crippen LogP contribution in [-0.4, -0.2) is 41.2 Å². The lowest BCUT2D eigenvalue weighted by atomic mass is 9.92. The maximum Gasteiger partial charge on any atom is 0.311 e. The molecule has 1 unspecified atom stereocenters. The summed E-state index contributed by atoms with van der Waals surface area (Å²) >= 11 is 0. The molecule has 0 aromatic heterocycles. The predicted molar refractivity (Wildman–Crippen MR) is 101 cm³/mol. The number of hydrogen-bond donors (Lipinski definition) is 2. The number of ether oxygens (including phenoxy) is 2. The van der Waals surface area contributed by atoms with Gasteiger partial charge in [0.05, 0.1) is 13.2 Å². The SMILES string of the molecule is CCCCOC(C)(OCCCC)C(CCCCCCCC(=O)O)C(=O)O. The Kier molecular flexibility index (Phi) is 14.3. The van der Waals surface area contributed by atoms with Gasteiger partial charge in [-0.3, -0.25) is 9.59 Å². The van der Waals surface area contributed by atoms with E-state index >= 15 is 0 Å². The van der Waals surface area contributed by atoms with Crippen LogP contribution in [0.2, 0.25) is 0 Å². The summed E-state index contributed by atoms with van der Waals surface area (Å²) in [6.45, 7) is 6.88. The van der Waals surface area contributed by atoms with Gasteiger partial charge in [0.2, 0.25) is 0 Å². The molecule has 1 atom stereocenters. The first-order valence-corrected chi connectivity index (χ1v) is 10.1. The van der Waals surface area contributed by atoms with Crippen LogP contribution in [0.1, 0.15) is 91.4 Å². The molecule has 6 nitrogen and oxygen atoms in total. The van der Waals surface area contributed by atoms with E-state index in [1.54, 1.807) is 6.92 Å². The highest BCUT2D eigenvalue weighted by molar-refractivity contribution is 5.71. The number of unbranched alkanes of at least 4 members (excludes halogenated alkanes) is 6. The summed E-state index contributed by atoms with van der Waals surface area (Å²) in [5.41, 5.74) is 0. The number of hydrogen-bond acceptors (Lipinski definition) is 4. The minimum Gasteiger partial charge on any atom is -0.481 e. The van der Waals surface area contributed by atoms with E-state index in [0.717, 1.165) is 51.4 Å². The van der Waals surface area contributed by atoms with Crippen molar-refractivity contribution in [3.8, 4) is 0 Å². The summed E-state index contributed by atoms with van der Waals surface area (Å²) in [5, 5.41) is 18.3. The molecule has 0 amide bonds. The Hall–Kier alpha value is -1.14. The molecular formula is C20H38O6. The van der Waals surface area contributed by atoms with Gasteiger partial charge in [-0.15, -0.1) is 0 Å².